The first-order valence-corrected chi connectivity index (χ1v) is 8.22. The highest BCUT2D eigenvalue weighted by molar-refractivity contribution is 5.99. The van der Waals surface area contributed by atoms with Crippen LogP contribution in [0.25, 0.3) is 0 Å². The maximum Gasteiger partial charge on any atom is 0.319 e. The molecule has 0 saturated carbocycles. The Kier molecular flexibility index (Phi) is 6.22. The third-order valence-corrected chi connectivity index (χ3v) is 4.12. The van der Waals surface area contributed by atoms with Crippen LogP contribution in [0.1, 0.15) is 23.2 Å². The molecule has 1 aromatic carbocycles. The van der Waals surface area contributed by atoms with Gasteiger partial charge in [-0.1, -0.05) is 0 Å². The summed E-state index contributed by atoms with van der Waals surface area (Å²) in [5.41, 5.74) is -0.0978. The lowest BCUT2D eigenvalue weighted by atomic mass is 9.94. The monoisotopic (exact) mass is 350 g/mol. The smallest absolute Gasteiger partial charge is 0.319 e. The van der Waals surface area contributed by atoms with Crippen LogP contribution in [-0.4, -0.2) is 68.4 Å². The van der Waals surface area contributed by atoms with Crippen LogP contribution in [0.5, 0.6) is 5.75 Å². The highest BCUT2D eigenvalue weighted by atomic mass is 16.5. The number of methoxy groups -OCH3 is 1. The van der Waals surface area contributed by atoms with Gasteiger partial charge in [-0.3, -0.25) is 4.79 Å². The predicted molar refractivity (Wildman–Crippen MR) is 95.1 cm³/mol. The van der Waals surface area contributed by atoms with Crippen LogP contribution < -0.4 is 20.7 Å². The lowest BCUT2D eigenvalue weighted by molar-refractivity contribution is 0.0198. The second-order valence-electron chi connectivity index (χ2n) is 6.43. The molecule has 0 unspecified atom stereocenters. The number of benzene rings is 1. The molecule has 0 spiro atoms. The first-order chi connectivity index (χ1) is 11.8. The summed E-state index contributed by atoms with van der Waals surface area (Å²) in [6.45, 7) is 1.49. The Bertz CT molecular complexity index is 627. The van der Waals surface area contributed by atoms with E-state index in [2.05, 4.69) is 16.0 Å². The number of carbonyl (C=O) groups excluding carboxylic acids is 2. The Labute approximate surface area is 147 Å². The Hall–Kier alpha value is -2.32. The van der Waals surface area contributed by atoms with E-state index in [0.717, 1.165) is 13.0 Å². The van der Waals surface area contributed by atoms with Gasteiger partial charge in [0, 0.05) is 32.9 Å². The summed E-state index contributed by atoms with van der Waals surface area (Å²) < 4.78 is 5.20. The highest BCUT2D eigenvalue weighted by Gasteiger charge is 2.29. The molecule has 1 heterocycles. The lowest BCUT2D eigenvalue weighted by Crippen LogP contribution is -2.53. The molecule has 1 aromatic rings. The number of hydrogen-bond acceptors (Lipinski definition) is 5. The molecule has 1 saturated heterocycles. The number of anilines is 1. The molecule has 0 bridgehead atoms. The molecule has 2 rings (SSSR count). The topological polar surface area (TPSA) is 103 Å². The van der Waals surface area contributed by atoms with Gasteiger partial charge in [-0.2, -0.15) is 0 Å². The van der Waals surface area contributed by atoms with Crippen LogP contribution in [0.3, 0.4) is 0 Å². The summed E-state index contributed by atoms with van der Waals surface area (Å²) in [4.78, 5) is 25.7. The second-order valence-corrected chi connectivity index (χ2v) is 6.43. The summed E-state index contributed by atoms with van der Waals surface area (Å²) >= 11 is 0. The number of aliphatic hydroxyl groups is 1. The number of carbonyl (C=O) groups is 2. The molecule has 1 fully saturated rings. The Morgan fingerprint density at radius 1 is 1.40 bits per heavy atom. The van der Waals surface area contributed by atoms with Gasteiger partial charge >= 0.3 is 6.03 Å². The molecule has 25 heavy (non-hydrogen) atoms. The summed E-state index contributed by atoms with van der Waals surface area (Å²) in [7, 11) is 4.78. The van der Waals surface area contributed by atoms with Crippen molar-refractivity contribution in [1.29, 1.82) is 0 Å². The zero-order valence-corrected chi connectivity index (χ0v) is 14.9. The van der Waals surface area contributed by atoms with Crippen LogP contribution in [0.4, 0.5) is 10.5 Å². The van der Waals surface area contributed by atoms with Crippen molar-refractivity contribution in [2.45, 2.75) is 18.4 Å². The Morgan fingerprint density at radius 3 is 2.76 bits per heavy atom. The minimum absolute atomic E-state index is 0.158. The van der Waals surface area contributed by atoms with Crippen molar-refractivity contribution in [3.63, 3.8) is 0 Å². The molecule has 3 amide bonds. The highest BCUT2D eigenvalue weighted by Crippen LogP contribution is 2.23. The number of nitrogens with zero attached hydrogens (tertiary/aromatic N) is 1. The zero-order valence-electron chi connectivity index (χ0n) is 14.9. The molecule has 1 aliphatic heterocycles. The maximum atomic E-state index is 12.2. The van der Waals surface area contributed by atoms with Crippen LogP contribution in [0, 0.1) is 0 Å². The third-order valence-electron chi connectivity index (χ3n) is 4.12. The van der Waals surface area contributed by atoms with E-state index in [-0.39, 0.29) is 12.5 Å². The van der Waals surface area contributed by atoms with Gasteiger partial charge in [-0.15, -0.1) is 0 Å². The van der Waals surface area contributed by atoms with E-state index in [0.29, 0.717) is 30.0 Å². The quantitative estimate of drug-likeness (QED) is 0.624. The fraction of sp³-hybridized carbons (Fsp3) is 0.529. The normalized spacial score (nSPS) is 19.8. The number of amides is 3. The average molecular weight is 350 g/mol. The number of hydrogen-bond donors (Lipinski definition) is 4. The molecule has 1 atom stereocenters. The van der Waals surface area contributed by atoms with Gasteiger partial charge < -0.3 is 30.7 Å². The zero-order chi connectivity index (χ0) is 18.4. The SMILES string of the molecule is COc1ccc(NC(=O)NC[C@]2(O)CCCNC2)cc1C(=O)N(C)C. The van der Waals surface area contributed by atoms with E-state index in [9.17, 15) is 14.7 Å². The number of β-amino-alcohol motifs (C(OH)–C–C–N with tert-alkyl or cyclic N) is 1. The van der Waals surface area contributed by atoms with Gasteiger partial charge in [0.05, 0.1) is 18.3 Å². The van der Waals surface area contributed by atoms with Crippen LogP contribution in [-0.2, 0) is 0 Å². The van der Waals surface area contributed by atoms with Gasteiger partial charge in [0.1, 0.15) is 5.75 Å². The molecule has 8 heteroatoms. The standard InChI is InChI=1S/C17H26N4O4/c1-21(2)15(22)13-9-12(5-6-14(13)25-3)20-16(23)19-11-17(24)7-4-8-18-10-17/h5-6,9,18,24H,4,7-8,10-11H2,1-3H3,(H2,19,20,23)/t17-/m0/s1. The van der Waals surface area contributed by atoms with Gasteiger partial charge in [0.2, 0.25) is 0 Å². The summed E-state index contributed by atoms with van der Waals surface area (Å²) in [6.07, 6.45) is 1.51. The van der Waals surface area contributed by atoms with Crippen molar-refractivity contribution in [3.8, 4) is 5.75 Å². The molecular weight excluding hydrogens is 324 g/mol. The Balaban J connectivity index is 2.00. The van der Waals surface area contributed by atoms with Crippen molar-refractivity contribution < 1.29 is 19.4 Å². The van der Waals surface area contributed by atoms with E-state index in [1.165, 1.54) is 12.0 Å². The number of rotatable bonds is 5. The van der Waals surface area contributed by atoms with Crippen LogP contribution in [0.15, 0.2) is 18.2 Å². The first-order valence-electron chi connectivity index (χ1n) is 8.22. The minimum Gasteiger partial charge on any atom is -0.496 e. The number of ether oxygens (including phenoxy) is 1. The van der Waals surface area contributed by atoms with Gasteiger partial charge in [0.25, 0.3) is 5.91 Å². The molecule has 0 aromatic heterocycles. The molecule has 138 valence electrons. The molecule has 1 aliphatic rings. The average Bonchev–Trinajstić information content (AvgIpc) is 2.60. The van der Waals surface area contributed by atoms with Crippen molar-refractivity contribution in [1.82, 2.24) is 15.5 Å². The minimum atomic E-state index is -0.929. The molecule has 4 N–H and O–H groups in total. The molecular formula is C17H26N4O4. The van der Waals surface area contributed by atoms with Crippen molar-refractivity contribution in [2.75, 3.05) is 46.2 Å². The van der Waals surface area contributed by atoms with E-state index >= 15 is 0 Å². The van der Waals surface area contributed by atoms with Crippen molar-refractivity contribution >= 4 is 17.6 Å². The van der Waals surface area contributed by atoms with Gasteiger partial charge in [-0.25, -0.2) is 4.79 Å². The number of urea groups is 1. The Morgan fingerprint density at radius 2 is 2.16 bits per heavy atom. The summed E-state index contributed by atoms with van der Waals surface area (Å²) in [5, 5.41) is 18.8. The van der Waals surface area contributed by atoms with E-state index in [1.807, 2.05) is 0 Å². The van der Waals surface area contributed by atoms with Crippen molar-refractivity contribution in [2.24, 2.45) is 0 Å². The first kappa shape index (κ1) is 19.0. The van der Waals surface area contributed by atoms with Gasteiger partial charge in [0.15, 0.2) is 0 Å². The predicted octanol–water partition coefficient (Wildman–Crippen LogP) is 0.633. The summed E-state index contributed by atoms with van der Waals surface area (Å²) in [6, 6.07) is 4.41. The van der Waals surface area contributed by atoms with E-state index < -0.39 is 11.6 Å². The molecule has 8 nitrogen and oxygen atoms in total. The van der Waals surface area contributed by atoms with E-state index in [1.54, 1.807) is 32.3 Å². The van der Waals surface area contributed by atoms with Crippen molar-refractivity contribution in [3.05, 3.63) is 23.8 Å². The fourth-order valence-corrected chi connectivity index (χ4v) is 2.72. The fourth-order valence-electron chi connectivity index (χ4n) is 2.72. The van der Waals surface area contributed by atoms with E-state index in [4.69, 9.17) is 4.74 Å². The molecule has 0 aliphatic carbocycles. The lowest BCUT2D eigenvalue weighted by Gasteiger charge is -2.32. The summed E-state index contributed by atoms with van der Waals surface area (Å²) in [5.74, 6) is 0.218. The third kappa shape index (κ3) is 5.07. The second kappa shape index (κ2) is 8.17. The van der Waals surface area contributed by atoms with Crippen LogP contribution in [0.2, 0.25) is 0 Å². The molecule has 0 radical (unpaired) electrons. The number of piperidine rings is 1. The number of nitrogens with one attached hydrogen (secondary N) is 3. The maximum absolute atomic E-state index is 12.2. The largest absolute Gasteiger partial charge is 0.496 e. The van der Waals surface area contributed by atoms with Crippen LogP contribution >= 0.6 is 0 Å². The van der Waals surface area contributed by atoms with Gasteiger partial charge in [-0.05, 0) is 37.6 Å².